The number of hydrogen-bond donors (Lipinski definition) is 1. The summed E-state index contributed by atoms with van der Waals surface area (Å²) in [4.78, 5) is 26.6. The predicted octanol–water partition coefficient (Wildman–Crippen LogP) is 3.66. The predicted molar refractivity (Wildman–Crippen MR) is 96.9 cm³/mol. The van der Waals surface area contributed by atoms with E-state index in [4.69, 9.17) is 4.74 Å². The number of rotatable bonds is 4. The van der Waals surface area contributed by atoms with Gasteiger partial charge in [0.2, 0.25) is 11.8 Å². The van der Waals surface area contributed by atoms with Gasteiger partial charge in [-0.1, -0.05) is 18.2 Å². The van der Waals surface area contributed by atoms with E-state index in [1.165, 1.54) is 42.3 Å². The number of benzene rings is 2. The third kappa shape index (κ3) is 4.03. The fourth-order valence-corrected chi connectivity index (χ4v) is 3.44. The van der Waals surface area contributed by atoms with Gasteiger partial charge in [0.15, 0.2) is 0 Å². The average molecular weight is 410 g/mol. The molecule has 9 heteroatoms. The van der Waals surface area contributed by atoms with Gasteiger partial charge in [-0.05, 0) is 29.8 Å². The highest BCUT2D eigenvalue weighted by molar-refractivity contribution is 6.08. The summed E-state index contributed by atoms with van der Waals surface area (Å²) in [7, 11) is 2.61. The van der Waals surface area contributed by atoms with Crippen LogP contribution in [0.15, 0.2) is 42.5 Å². The summed E-state index contributed by atoms with van der Waals surface area (Å²) >= 11 is 0. The Morgan fingerprint density at radius 1 is 1.21 bits per heavy atom. The Kier molecular flexibility index (Phi) is 5.50. The van der Waals surface area contributed by atoms with Crippen LogP contribution in [0, 0.1) is 11.7 Å². The summed E-state index contributed by atoms with van der Waals surface area (Å²) < 4.78 is 58.1. The van der Waals surface area contributed by atoms with E-state index in [1.54, 1.807) is 0 Å². The zero-order chi connectivity index (χ0) is 21.3. The number of amides is 2. The van der Waals surface area contributed by atoms with Gasteiger partial charge in [0.25, 0.3) is 0 Å². The number of likely N-dealkylation sites (N-methyl/N-ethyl adjacent to an activating group) is 1. The van der Waals surface area contributed by atoms with Crippen LogP contribution >= 0.6 is 0 Å². The molecule has 0 spiro atoms. The monoisotopic (exact) mass is 410 g/mol. The number of nitrogens with one attached hydrogen (secondary N) is 1. The fraction of sp³-hybridized carbons (Fsp3) is 0.300. The van der Waals surface area contributed by atoms with Crippen LogP contribution in [0.25, 0.3) is 0 Å². The number of carbonyl (C=O) groups is 2. The molecule has 5 nitrogen and oxygen atoms in total. The van der Waals surface area contributed by atoms with E-state index in [1.807, 2.05) is 0 Å². The first-order valence-corrected chi connectivity index (χ1v) is 8.69. The lowest BCUT2D eigenvalue weighted by atomic mass is 9.87. The minimum Gasteiger partial charge on any atom is -0.496 e. The maximum atomic E-state index is 13.9. The molecular formula is C20H18F4N2O3. The van der Waals surface area contributed by atoms with Crippen LogP contribution in [0.2, 0.25) is 0 Å². The molecule has 0 bridgehead atoms. The second-order valence-electron chi connectivity index (χ2n) is 6.73. The highest BCUT2D eigenvalue weighted by Gasteiger charge is 2.45. The van der Waals surface area contributed by atoms with Crippen molar-refractivity contribution >= 4 is 17.5 Å². The molecule has 3 rings (SSSR count). The van der Waals surface area contributed by atoms with Crippen molar-refractivity contribution in [2.24, 2.45) is 5.92 Å². The molecule has 1 fully saturated rings. The van der Waals surface area contributed by atoms with Gasteiger partial charge >= 0.3 is 6.18 Å². The lowest BCUT2D eigenvalue weighted by Crippen LogP contribution is -2.33. The molecule has 0 saturated carbocycles. The van der Waals surface area contributed by atoms with Gasteiger partial charge in [-0.2, -0.15) is 13.2 Å². The van der Waals surface area contributed by atoms with Crippen molar-refractivity contribution < 1.29 is 31.9 Å². The minimum absolute atomic E-state index is 0.0800. The van der Waals surface area contributed by atoms with Gasteiger partial charge in [-0.3, -0.25) is 9.59 Å². The number of hydrogen-bond acceptors (Lipinski definition) is 3. The zero-order valence-electron chi connectivity index (χ0n) is 15.6. The quantitative estimate of drug-likeness (QED) is 0.618. The second kappa shape index (κ2) is 7.73. The van der Waals surface area contributed by atoms with Crippen LogP contribution in [0.5, 0.6) is 5.75 Å². The Labute approximate surface area is 164 Å². The standard InChI is InChI=1S/C20H18F4N2O3/c1-26-10-12(11-7-8-13(20(22,23)24)16(9-11)29-2)17(19(26)28)18(27)25-15-6-4-3-5-14(15)21/h3-9,12,17H,10H2,1-2H3,(H,25,27)/t12-,17+/m1/s1. The molecule has 0 aromatic heterocycles. The first-order chi connectivity index (χ1) is 13.6. The molecule has 2 atom stereocenters. The van der Waals surface area contributed by atoms with Crippen molar-refractivity contribution in [2.45, 2.75) is 12.1 Å². The Hall–Kier alpha value is -3.10. The number of methoxy groups -OCH3 is 1. The first kappa shape index (κ1) is 20.6. The van der Waals surface area contributed by atoms with Crippen LogP contribution in [-0.2, 0) is 15.8 Å². The van der Waals surface area contributed by atoms with E-state index in [0.29, 0.717) is 5.56 Å². The van der Waals surface area contributed by atoms with Crippen molar-refractivity contribution in [3.63, 3.8) is 0 Å². The normalized spacial score (nSPS) is 19.4. The summed E-state index contributed by atoms with van der Waals surface area (Å²) in [6.45, 7) is 0.128. The summed E-state index contributed by atoms with van der Waals surface area (Å²) in [5.74, 6) is -4.20. The fourth-order valence-electron chi connectivity index (χ4n) is 3.44. The second-order valence-corrected chi connectivity index (χ2v) is 6.73. The molecule has 0 radical (unpaired) electrons. The molecule has 1 heterocycles. The van der Waals surface area contributed by atoms with Gasteiger partial charge in [0.1, 0.15) is 17.5 Å². The summed E-state index contributed by atoms with van der Waals surface area (Å²) in [6, 6.07) is 8.77. The molecule has 2 aromatic rings. The maximum absolute atomic E-state index is 13.9. The summed E-state index contributed by atoms with van der Waals surface area (Å²) in [5.41, 5.74) is -0.682. The maximum Gasteiger partial charge on any atom is 0.419 e. The Morgan fingerprint density at radius 2 is 1.90 bits per heavy atom. The van der Waals surface area contributed by atoms with E-state index in [9.17, 15) is 27.2 Å². The number of carbonyl (C=O) groups excluding carboxylic acids is 2. The highest BCUT2D eigenvalue weighted by atomic mass is 19.4. The van der Waals surface area contributed by atoms with Crippen molar-refractivity contribution in [3.8, 4) is 5.75 Å². The van der Waals surface area contributed by atoms with Crippen molar-refractivity contribution in [1.82, 2.24) is 4.90 Å². The smallest absolute Gasteiger partial charge is 0.419 e. The van der Waals surface area contributed by atoms with Crippen molar-refractivity contribution in [1.29, 1.82) is 0 Å². The highest BCUT2D eigenvalue weighted by Crippen LogP contribution is 2.40. The van der Waals surface area contributed by atoms with Gasteiger partial charge in [0.05, 0.1) is 18.4 Å². The number of halogens is 4. The molecule has 2 amide bonds. The average Bonchev–Trinajstić information content (AvgIpc) is 2.97. The Morgan fingerprint density at radius 3 is 2.52 bits per heavy atom. The van der Waals surface area contributed by atoms with Crippen LogP contribution < -0.4 is 10.1 Å². The summed E-state index contributed by atoms with van der Waals surface area (Å²) in [5, 5.41) is 2.39. The van der Waals surface area contributed by atoms with E-state index >= 15 is 0 Å². The molecule has 1 N–H and O–H groups in total. The Bertz CT molecular complexity index is 946. The SMILES string of the molecule is COc1cc([C@H]2CN(C)C(=O)[C@@H]2C(=O)Nc2ccccc2F)ccc1C(F)(F)F. The van der Waals surface area contributed by atoms with E-state index in [2.05, 4.69) is 5.32 Å². The lowest BCUT2D eigenvalue weighted by molar-refractivity contribution is -0.139. The number of ether oxygens (including phenoxy) is 1. The molecule has 29 heavy (non-hydrogen) atoms. The van der Waals surface area contributed by atoms with Crippen molar-refractivity contribution in [3.05, 3.63) is 59.4 Å². The van der Waals surface area contributed by atoms with Crippen molar-refractivity contribution in [2.75, 3.05) is 26.0 Å². The lowest BCUT2D eigenvalue weighted by Gasteiger charge is -2.19. The first-order valence-electron chi connectivity index (χ1n) is 8.69. The molecule has 1 aliphatic heterocycles. The molecule has 1 saturated heterocycles. The molecular weight excluding hydrogens is 392 g/mol. The van der Waals surface area contributed by atoms with Crippen LogP contribution in [0.3, 0.4) is 0 Å². The number of likely N-dealkylation sites (tertiary alicyclic amines) is 1. The van der Waals surface area contributed by atoms with Gasteiger partial charge in [-0.25, -0.2) is 4.39 Å². The topological polar surface area (TPSA) is 58.6 Å². The van der Waals surface area contributed by atoms with Gasteiger partial charge in [-0.15, -0.1) is 0 Å². The number of alkyl halides is 3. The third-order valence-corrected chi connectivity index (χ3v) is 4.89. The largest absolute Gasteiger partial charge is 0.496 e. The van der Waals surface area contributed by atoms with Crippen LogP contribution in [0.4, 0.5) is 23.2 Å². The molecule has 154 valence electrons. The molecule has 2 aromatic carbocycles. The van der Waals surface area contributed by atoms with E-state index in [0.717, 1.165) is 19.2 Å². The number of nitrogens with zero attached hydrogens (tertiary/aromatic N) is 1. The molecule has 1 aliphatic rings. The minimum atomic E-state index is -4.60. The van der Waals surface area contributed by atoms with Gasteiger partial charge in [0, 0.05) is 19.5 Å². The van der Waals surface area contributed by atoms with Gasteiger partial charge < -0.3 is 15.0 Å². The van der Waals surface area contributed by atoms with E-state index < -0.39 is 47.0 Å². The van der Waals surface area contributed by atoms with Crippen LogP contribution in [0.1, 0.15) is 17.0 Å². The number of anilines is 1. The number of para-hydroxylation sites is 1. The van der Waals surface area contributed by atoms with Crippen LogP contribution in [-0.4, -0.2) is 37.4 Å². The Balaban J connectivity index is 1.94. The molecule has 0 aliphatic carbocycles. The zero-order valence-corrected chi connectivity index (χ0v) is 15.6. The van der Waals surface area contributed by atoms with E-state index in [-0.39, 0.29) is 12.2 Å². The third-order valence-electron chi connectivity index (χ3n) is 4.89. The summed E-state index contributed by atoms with van der Waals surface area (Å²) in [6.07, 6.45) is -4.60. The molecule has 0 unspecified atom stereocenters.